The SMILES string of the molecule is CCCCS(=O)(=O)O.c1c[nH]cn1. The Kier molecular flexibility index (Phi) is 6.17. The molecule has 6 heteroatoms. The zero-order valence-electron chi connectivity index (χ0n) is 7.47. The Morgan fingerprint density at radius 2 is 2.23 bits per heavy atom. The van der Waals surface area contributed by atoms with Gasteiger partial charge < -0.3 is 4.98 Å². The minimum Gasteiger partial charge on any atom is -0.351 e. The lowest BCUT2D eigenvalue weighted by atomic mass is 10.4. The molecule has 0 bridgehead atoms. The quantitative estimate of drug-likeness (QED) is 0.725. The van der Waals surface area contributed by atoms with E-state index in [0.29, 0.717) is 6.42 Å². The lowest BCUT2D eigenvalue weighted by molar-refractivity contribution is 0.480. The van der Waals surface area contributed by atoms with Gasteiger partial charge in [-0.05, 0) is 6.42 Å². The van der Waals surface area contributed by atoms with Crippen LogP contribution in [0.1, 0.15) is 19.8 Å². The number of hydrogen-bond donors (Lipinski definition) is 2. The number of aromatic nitrogens is 2. The standard InChI is InChI=1S/C4H10O3S.C3H4N2/c1-2-3-4-8(5,6)7;1-2-5-3-4-1/h2-4H2,1H3,(H,5,6,7);1-3H,(H,4,5). The van der Waals surface area contributed by atoms with Crippen LogP contribution in [0, 0.1) is 0 Å². The van der Waals surface area contributed by atoms with Crippen LogP contribution in [0.3, 0.4) is 0 Å². The molecule has 0 unspecified atom stereocenters. The lowest BCUT2D eigenvalue weighted by Gasteiger charge is -1.90. The molecule has 0 saturated carbocycles. The van der Waals surface area contributed by atoms with Gasteiger partial charge in [0.1, 0.15) is 0 Å². The highest BCUT2D eigenvalue weighted by Crippen LogP contribution is 1.90. The van der Waals surface area contributed by atoms with Gasteiger partial charge in [-0.3, -0.25) is 4.55 Å². The summed E-state index contributed by atoms with van der Waals surface area (Å²) in [6.45, 7) is 1.87. The molecule has 1 aromatic rings. The monoisotopic (exact) mass is 206 g/mol. The van der Waals surface area contributed by atoms with E-state index in [-0.39, 0.29) is 5.75 Å². The minimum absolute atomic E-state index is 0.108. The summed E-state index contributed by atoms with van der Waals surface area (Å²) in [6, 6.07) is 0. The van der Waals surface area contributed by atoms with E-state index in [1.807, 2.05) is 6.92 Å². The van der Waals surface area contributed by atoms with E-state index in [4.69, 9.17) is 4.55 Å². The van der Waals surface area contributed by atoms with Gasteiger partial charge in [0.2, 0.25) is 0 Å². The van der Waals surface area contributed by atoms with Gasteiger partial charge in [0.15, 0.2) is 0 Å². The first-order valence-electron chi connectivity index (χ1n) is 3.94. The number of nitrogens with one attached hydrogen (secondary N) is 1. The summed E-state index contributed by atoms with van der Waals surface area (Å²) < 4.78 is 28.0. The largest absolute Gasteiger partial charge is 0.351 e. The Morgan fingerprint density at radius 1 is 1.54 bits per heavy atom. The van der Waals surface area contributed by atoms with Crippen molar-refractivity contribution in [2.24, 2.45) is 0 Å². The third-order valence-electron chi connectivity index (χ3n) is 1.16. The lowest BCUT2D eigenvalue weighted by Crippen LogP contribution is -2.02. The maximum atomic E-state index is 9.95. The molecule has 0 amide bonds. The van der Waals surface area contributed by atoms with Gasteiger partial charge in [-0.1, -0.05) is 13.3 Å². The summed E-state index contributed by atoms with van der Waals surface area (Å²) in [7, 11) is -3.69. The van der Waals surface area contributed by atoms with Crippen LogP contribution in [0.25, 0.3) is 0 Å². The van der Waals surface area contributed by atoms with Crippen molar-refractivity contribution in [2.75, 3.05) is 5.75 Å². The van der Waals surface area contributed by atoms with Gasteiger partial charge in [0, 0.05) is 12.4 Å². The molecule has 0 aliphatic carbocycles. The number of unbranched alkanes of at least 4 members (excludes halogenated alkanes) is 1. The van der Waals surface area contributed by atoms with Crippen molar-refractivity contribution in [1.82, 2.24) is 9.97 Å². The number of hydrogen-bond acceptors (Lipinski definition) is 3. The second-order valence-electron chi connectivity index (χ2n) is 2.40. The molecular formula is C7H14N2O3S. The molecule has 0 aliphatic rings. The van der Waals surface area contributed by atoms with Crippen LogP contribution in [0.5, 0.6) is 0 Å². The van der Waals surface area contributed by atoms with Gasteiger partial charge in [-0.2, -0.15) is 8.42 Å². The van der Waals surface area contributed by atoms with Crippen molar-refractivity contribution in [1.29, 1.82) is 0 Å². The summed E-state index contributed by atoms with van der Waals surface area (Å²) >= 11 is 0. The molecule has 0 radical (unpaired) electrons. The van der Waals surface area contributed by atoms with Crippen molar-refractivity contribution >= 4 is 10.1 Å². The predicted molar refractivity (Wildman–Crippen MR) is 49.9 cm³/mol. The van der Waals surface area contributed by atoms with Gasteiger partial charge in [-0.15, -0.1) is 0 Å². The molecule has 0 fully saturated rings. The van der Waals surface area contributed by atoms with Crippen LogP contribution in [0.2, 0.25) is 0 Å². The van der Waals surface area contributed by atoms with Crippen LogP contribution in [0.4, 0.5) is 0 Å². The summed E-state index contributed by atoms with van der Waals surface area (Å²) in [5.41, 5.74) is 0. The number of imidazole rings is 1. The molecule has 1 heterocycles. The Bertz CT molecular complexity index is 263. The number of aromatic amines is 1. The third kappa shape index (κ3) is 11.1. The van der Waals surface area contributed by atoms with Crippen molar-refractivity contribution in [3.8, 4) is 0 Å². The zero-order valence-corrected chi connectivity index (χ0v) is 8.29. The van der Waals surface area contributed by atoms with E-state index >= 15 is 0 Å². The molecule has 76 valence electrons. The average molecular weight is 206 g/mol. The fourth-order valence-corrected chi connectivity index (χ4v) is 1.20. The molecule has 1 rings (SSSR count). The fraction of sp³-hybridized carbons (Fsp3) is 0.571. The van der Waals surface area contributed by atoms with Gasteiger partial charge >= 0.3 is 0 Å². The first-order valence-corrected chi connectivity index (χ1v) is 5.55. The zero-order chi connectivity index (χ0) is 10.2. The van der Waals surface area contributed by atoms with E-state index in [0.717, 1.165) is 6.42 Å². The highest BCUT2D eigenvalue weighted by atomic mass is 32.2. The van der Waals surface area contributed by atoms with Crippen molar-refractivity contribution < 1.29 is 13.0 Å². The summed E-state index contributed by atoms with van der Waals surface area (Å²) in [5.74, 6) is -0.108. The Balaban J connectivity index is 0.000000243. The Morgan fingerprint density at radius 3 is 2.38 bits per heavy atom. The predicted octanol–water partition coefficient (Wildman–Crippen LogP) is 1.08. The molecule has 0 aromatic carbocycles. The molecule has 2 N–H and O–H groups in total. The molecule has 0 spiro atoms. The first kappa shape index (κ1) is 12.1. The van der Waals surface area contributed by atoms with E-state index in [2.05, 4.69) is 9.97 Å². The summed E-state index contributed by atoms with van der Waals surface area (Å²) in [6.07, 6.45) is 6.42. The van der Waals surface area contributed by atoms with Crippen LogP contribution < -0.4 is 0 Å². The van der Waals surface area contributed by atoms with Crippen LogP contribution in [-0.2, 0) is 10.1 Å². The van der Waals surface area contributed by atoms with E-state index in [1.165, 1.54) is 0 Å². The average Bonchev–Trinajstić information content (AvgIpc) is 2.56. The maximum Gasteiger partial charge on any atom is 0.264 e. The highest BCUT2D eigenvalue weighted by molar-refractivity contribution is 7.85. The van der Waals surface area contributed by atoms with Gasteiger partial charge in [0.05, 0.1) is 12.1 Å². The Labute approximate surface area is 78.0 Å². The third-order valence-corrected chi connectivity index (χ3v) is 1.97. The van der Waals surface area contributed by atoms with Crippen molar-refractivity contribution in [3.63, 3.8) is 0 Å². The molecule has 0 atom stereocenters. The van der Waals surface area contributed by atoms with Crippen molar-refractivity contribution in [2.45, 2.75) is 19.8 Å². The van der Waals surface area contributed by atoms with Gasteiger partial charge in [0.25, 0.3) is 10.1 Å². The topological polar surface area (TPSA) is 83.0 Å². The summed E-state index contributed by atoms with van der Waals surface area (Å²) in [5, 5.41) is 0. The van der Waals surface area contributed by atoms with E-state index in [1.54, 1.807) is 18.7 Å². The maximum absolute atomic E-state index is 9.95. The first-order chi connectivity index (χ1) is 6.06. The normalized spacial score (nSPS) is 10.3. The van der Waals surface area contributed by atoms with Gasteiger partial charge in [-0.25, -0.2) is 4.98 Å². The molecular weight excluding hydrogens is 192 g/mol. The van der Waals surface area contributed by atoms with Crippen LogP contribution >= 0.6 is 0 Å². The van der Waals surface area contributed by atoms with Crippen LogP contribution in [-0.4, -0.2) is 28.7 Å². The molecule has 1 aromatic heterocycles. The molecule has 0 aliphatic heterocycles. The Hall–Kier alpha value is -0.880. The van der Waals surface area contributed by atoms with E-state index < -0.39 is 10.1 Å². The van der Waals surface area contributed by atoms with Crippen LogP contribution in [0.15, 0.2) is 18.7 Å². The fourth-order valence-electron chi connectivity index (χ4n) is 0.542. The molecule has 5 nitrogen and oxygen atoms in total. The van der Waals surface area contributed by atoms with E-state index in [9.17, 15) is 8.42 Å². The molecule has 13 heavy (non-hydrogen) atoms. The van der Waals surface area contributed by atoms with Crippen molar-refractivity contribution in [3.05, 3.63) is 18.7 Å². The number of nitrogens with zero attached hydrogens (tertiary/aromatic N) is 1. The number of rotatable bonds is 3. The second kappa shape index (κ2) is 6.62. The highest BCUT2D eigenvalue weighted by Gasteiger charge is 2.00. The molecule has 0 saturated heterocycles. The summed E-state index contributed by atoms with van der Waals surface area (Å²) in [4.78, 5) is 6.42. The minimum atomic E-state index is -3.69. The second-order valence-corrected chi connectivity index (χ2v) is 3.97. The smallest absolute Gasteiger partial charge is 0.264 e. The number of H-pyrrole nitrogens is 1.